The van der Waals surface area contributed by atoms with Gasteiger partial charge in [0, 0.05) is 24.7 Å². The first-order chi connectivity index (χ1) is 14.3. The molecule has 0 radical (unpaired) electrons. The molecule has 7 nitrogen and oxygen atoms in total. The third kappa shape index (κ3) is 3.32. The Balaban J connectivity index is 1.93. The topological polar surface area (TPSA) is 92.9 Å². The van der Waals surface area contributed by atoms with Gasteiger partial charge in [-0.15, -0.1) is 0 Å². The van der Waals surface area contributed by atoms with Crippen LogP contribution in [0.15, 0.2) is 47.3 Å². The van der Waals surface area contributed by atoms with Crippen LogP contribution in [-0.2, 0) is 13.6 Å². The average Bonchev–Trinajstić information content (AvgIpc) is 3.24. The number of rotatable bonds is 5. The highest BCUT2D eigenvalue weighted by atomic mass is 16.4. The highest BCUT2D eigenvalue weighted by molar-refractivity contribution is 5.90. The van der Waals surface area contributed by atoms with Crippen molar-refractivity contribution in [1.29, 1.82) is 0 Å². The van der Waals surface area contributed by atoms with Gasteiger partial charge in [-0.3, -0.25) is 9.13 Å². The van der Waals surface area contributed by atoms with Crippen molar-refractivity contribution < 1.29 is 9.90 Å². The molecule has 2 aromatic heterocycles. The van der Waals surface area contributed by atoms with Gasteiger partial charge in [0.1, 0.15) is 0 Å². The molecule has 2 N–H and O–H groups in total. The van der Waals surface area contributed by atoms with Crippen LogP contribution in [-0.4, -0.2) is 30.2 Å². The summed E-state index contributed by atoms with van der Waals surface area (Å²) in [7, 11) is 1.75. The Morgan fingerprint density at radius 3 is 2.57 bits per heavy atom. The van der Waals surface area contributed by atoms with Crippen molar-refractivity contribution in [2.45, 2.75) is 27.3 Å². The van der Waals surface area contributed by atoms with Crippen LogP contribution >= 0.6 is 0 Å². The zero-order valence-electron chi connectivity index (χ0n) is 17.4. The number of carbonyl (C=O) groups is 1. The summed E-state index contributed by atoms with van der Waals surface area (Å²) < 4.78 is 3.41. The molecule has 0 aliphatic heterocycles. The Morgan fingerprint density at radius 1 is 1.13 bits per heavy atom. The van der Waals surface area contributed by atoms with Gasteiger partial charge in [0.25, 0.3) is 0 Å². The Hall–Kier alpha value is -3.61. The molecule has 2 heterocycles. The fourth-order valence-electron chi connectivity index (χ4n) is 3.79. The maximum absolute atomic E-state index is 12.7. The lowest BCUT2D eigenvalue weighted by Crippen LogP contribution is -2.24. The van der Waals surface area contributed by atoms with Gasteiger partial charge in [-0.1, -0.05) is 43.7 Å². The van der Waals surface area contributed by atoms with Gasteiger partial charge in [-0.05, 0) is 31.0 Å². The Morgan fingerprint density at radius 2 is 1.90 bits per heavy atom. The number of aromatic carboxylic acids is 1. The summed E-state index contributed by atoms with van der Waals surface area (Å²) in [6.07, 6.45) is 0. The van der Waals surface area contributed by atoms with Crippen LogP contribution in [0.1, 0.15) is 30.0 Å². The number of hydrogen-bond donors (Lipinski definition) is 2. The van der Waals surface area contributed by atoms with Crippen LogP contribution in [0.4, 0.5) is 0 Å². The van der Waals surface area contributed by atoms with Crippen LogP contribution in [0.25, 0.3) is 33.5 Å². The van der Waals surface area contributed by atoms with E-state index in [0.29, 0.717) is 23.9 Å². The van der Waals surface area contributed by atoms with E-state index in [1.807, 2.05) is 49.4 Å². The zero-order chi connectivity index (χ0) is 21.6. The first-order valence-corrected chi connectivity index (χ1v) is 9.86. The van der Waals surface area contributed by atoms with Crippen molar-refractivity contribution in [1.82, 2.24) is 19.1 Å². The molecule has 0 aliphatic carbocycles. The summed E-state index contributed by atoms with van der Waals surface area (Å²) in [4.78, 5) is 31.6. The molecule has 0 aliphatic rings. The fourth-order valence-corrected chi connectivity index (χ4v) is 3.79. The maximum atomic E-state index is 12.7. The van der Waals surface area contributed by atoms with Gasteiger partial charge in [-0.2, -0.15) is 0 Å². The number of nitrogens with zero attached hydrogens (tertiary/aromatic N) is 3. The van der Waals surface area contributed by atoms with Crippen molar-refractivity contribution in [2.75, 3.05) is 0 Å². The number of H-pyrrole nitrogens is 1. The van der Waals surface area contributed by atoms with E-state index in [0.717, 1.165) is 27.7 Å². The van der Waals surface area contributed by atoms with Crippen molar-refractivity contribution in [2.24, 2.45) is 13.0 Å². The minimum Gasteiger partial charge on any atom is -0.475 e. The molecule has 0 spiro atoms. The van der Waals surface area contributed by atoms with Gasteiger partial charge in [0.2, 0.25) is 5.82 Å². The molecule has 0 atom stereocenters. The number of aromatic nitrogens is 4. The van der Waals surface area contributed by atoms with E-state index in [-0.39, 0.29) is 11.5 Å². The second-order valence-corrected chi connectivity index (χ2v) is 8.03. The van der Waals surface area contributed by atoms with Gasteiger partial charge < -0.3 is 10.1 Å². The SMILES string of the molecule is Cc1cccc(-c2nc(C(=O)O)[nH]c2-c2ccc3c(c2)n(C)c(=O)n3CC(C)C)c1. The first-order valence-electron chi connectivity index (χ1n) is 9.86. The largest absolute Gasteiger partial charge is 0.475 e. The quantitative estimate of drug-likeness (QED) is 0.525. The van der Waals surface area contributed by atoms with Gasteiger partial charge >= 0.3 is 11.7 Å². The maximum Gasteiger partial charge on any atom is 0.371 e. The zero-order valence-corrected chi connectivity index (χ0v) is 17.4. The fraction of sp³-hybridized carbons (Fsp3) is 0.261. The number of hydrogen-bond acceptors (Lipinski definition) is 3. The van der Waals surface area contributed by atoms with Crippen LogP contribution in [0, 0.1) is 12.8 Å². The summed E-state index contributed by atoms with van der Waals surface area (Å²) >= 11 is 0. The molecular formula is C23H24N4O3. The summed E-state index contributed by atoms with van der Waals surface area (Å²) in [5.41, 5.74) is 5.44. The minimum atomic E-state index is -1.12. The molecule has 154 valence electrons. The highest BCUT2D eigenvalue weighted by Crippen LogP contribution is 2.32. The van der Waals surface area contributed by atoms with Gasteiger partial charge in [0.05, 0.1) is 22.4 Å². The van der Waals surface area contributed by atoms with E-state index < -0.39 is 5.97 Å². The molecular weight excluding hydrogens is 380 g/mol. The van der Waals surface area contributed by atoms with Gasteiger partial charge in [-0.25, -0.2) is 14.6 Å². The number of carboxylic acid groups (broad SMARTS) is 1. The number of imidazole rings is 2. The lowest BCUT2D eigenvalue weighted by Gasteiger charge is -2.07. The Labute approximate surface area is 173 Å². The molecule has 30 heavy (non-hydrogen) atoms. The van der Waals surface area contributed by atoms with Gasteiger partial charge in [0.15, 0.2) is 0 Å². The Kier molecular flexibility index (Phi) is 4.81. The summed E-state index contributed by atoms with van der Waals surface area (Å²) in [6, 6.07) is 13.5. The normalized spacial score (nSPS) is 11.5. The van der Waals surface area contributed by atoms with Crippen LogP contribution in [0.3, 0.4) is 0 Å². The number of aryl methyl sites for hydroxylation is 2. The van der Waals surface area contributed by atoms with Crippen LogP contribution in [0.5, 0.6) is 0 Å². The molecule has 0 saturated heterocycles. The van der Waals surface area contributed by atoms with E-state index in [1.54, 1.807) is 16.2 Å². The molecule has 2 aromatic carbocycles. The third-order valence-corrected chi connectivity index (χ3v) is 5.18. The monoisotopic (exact) mass is 404 g/mol. The lowest BCUT2D eigenvalue weighted by atomic mass is 10.0. The second kappa shape index (κ2) is 7.33. The van der Waals surface area contributed by atoms with Crippen molar-refractivity contribution in [3.05, 3.63) is 64.3 Å². The second-order valence-electron chi connectivity index (χ2n) is 8.03. The number of aromatic amines is 1. The molecule has 0 bridgehead atoms. The van der Waals surface area contributed by atoms with E-state index in [2.05, 4.69) is 23.8 Å². The summed E-state index contributed by atoms with van der Waals surface area (Å²) in [6.45, 7) is 6.77. The number of carboxylic acids is 1. The van der Waals surface area contributed by atoms with E-state index in [1.165, 1.54) is 0 Å². The summed E-state index contributed by atoms with van der Waals surface area (Å²) in [5.74, 6) is -0.897. The molecule has 0 fully saturated rings. The highest BCUT2D eigenvalue weighted by Gasteiger charge is 2.20. The predicted molar refractivity (Wildman–Crippen MR) is 117 cm³/mol. The standard InChI is InChI=1S/C23H24N4O3/c1-13(2)12-27-17-9-8-16(11-18(17)26(4)23(27)30)20-19(24-21(25-20)22(28)29)15-7-5-6-14(3)10-15/h5-11,13H,12H2,1-4H3,(H,24,25)(H,28,29). The minimum absolute atomic E-state index is 0.0643. The smallest absolute Gasteiger partial charge is 0.371 e. The average molecular weight is 404 g/mol. The van der Waals surface area contributed by atoms with Crippen molar-refractivity contribution in [3.8, 4) is 22.5 Å². The van der Waals surface area contributed by atoms with Crippen LogP contribution < -0.4 is 5.69 Å². The molecule has 4 aromatic rings. The number of fused-ring (bicyclic) bond motifs is 1. The van der Waals surface area contributed by atoms with Crippen molar-refractivity contribution >= 4 is 17.0 Å². The third-order valence-electron chi connectivity index (χ3n) is 5.18. The molecule has 0 amide bonds. The van der Waals surface area contributed by atoms with E-state index in [9.17, 15) is 14.7 Å². The molecule has 0 saturated carbocycles. The molecule has 4 rings (SSSR count). The number of nitrogens with one attached hydrogen (secondary N) is 1. The lowest BCUT2D eigenvalue weighted by molar-refractivity contribution is 0.0685. The van der Waals surface area contributed by atoms with E-state index in [4.69, 9.17) is 0 Å². The molecule has 0 unspecified atom stereocenters. The van der Waals surface area contributed by atoms with Crippen LogP contribution in [0.2, 0.25) is 0 Å². The predicted octanol–water partition coefficient (Wildman–Crippen LogP) is 4.06. The number of benzene rings is 2. The Bertz CT molecular complexity index is 1320. The van der Waals surface area contributed by atoms with E-state index >= 15 is 0 Å². The van der Waals surface area contributed by atoms with Crippen molar-refractivity contribution in [3.63, 3.8) is 0 Å². The summed E-state index contributed by atoms with van der Waals surface area (Å²) in [5, 5.41) is 9.47. The molecule has 7 heteroatoms. The first kappa shape index (κ1) is 19.7.